The van der Waals surface area contributed by atoms with E-state index in [1.54, 1.807) is 6.07 Å². The number of carbonyl (C=O) groups is 1. The van der Waals surface area contributed by atoms with Gasteiger partial charge in [0.15, 0.2) is 5.58 Å². The second kappa shape index (κ2) is 8.43. The molecule has 1 aliphatic rings. The Hall–Kier alpha value is -2.13. The van der Waals surface area contributed by atoms with Crippen LogP contribution in [-0.4, -0.2) is 41.8 Å². The lowest BCUT2D eigenvalue weighted by Gasteiger charge is -2.33. The van der Waals surface area contributed by atoms with Crippen LogP contribution in [0.25, 0.3) is 11.1 Å². The standard InChI is InChI=1S/C22H33N3O5S/c1-21(2,3)15-22(4,5)23-19(26)10-13-25-17-9-8-16(14-18(17)30-20(25)27)31(28,29)24-11-6-7-12-24/h8-9,14H,6-7,10-13,15H2,1-5H3,(H,23,26). The number of benzene rings is 1. The highest BCUT2D eigenvalue weighted by Gasteiger charge is 2.29. The van der Waals surface area contributed by atoms with Crippen LogP contribution in [0.4, 0.5) is 0 Å². The summed E-state index contributed by atoms with van der Waals surface area (Å²) in [5.74, 6) is -0.754. The van der Waals surface area contributed by atoms with Crippen LogP contribution in [-0.2, 0) is 21.4 Å². The first-order valence-electron chi connectivity index (χ1n) is 10.7. The van der Waals surface area contributed by atoms with Crippen molar-refractivity contribution in [3.63, 3.8) is 0 Å². The molecular weight excluding hydrogens is 418 g/mol. The Labute approximate surface area is 183 Å². The summed E-state index contributed by atoms with van der Waals surface area (Å²) in [6.45, 7) is 11.5. The molecule has 1 fully saturated rings. The minimum Gasteiger partial charge on any atom is -0.408 e. The van der Waals surface area contributed by atoms with Crippen LogP contribution in [0.15, 0.2) is 32.3 Å². The first kappa shape index (κ1) is 23.5. The first-order chi connectivity index (χ1) is 14.3. The average Bonchev–Trinajstić information content (AvgIpc) is 3.24. The number of hydrogen-bond donors (Lipinski definition) is 1. The summed E-state index contributed by atoms with van der Waals surface area (Å²) in [6.07, 6.45) is 2.63. The molecule has 1 aromatic carbocycles. The van der Waals surface area contributed by atoms with Gasteiger partial charge in [0.05, 0.1) is 10.4 Å². The molecule has 0 spiro atoms. The molecule has 0 saturated carbocycles. The van der Waals surface area contributed by atoms with Crippen molar-refractivity contribution in [2.75, 3.05) is 13.1 Å². The van der Waals surface area contributed by atoms with Crippen LogP contribution < -0.4 is 11.1 Å². The summed E-state index contributed by atoms with van der Waals surface area (Å²) in [6, 6.07) is 4.46. The second-order valence-electron chi connectivity index (χ2n) is 10.2. The van der Waals surface area contributed by atoms with Gasteiger partial charge in [-0.05, 0) is 50.7 Å². The zero-order valence-electron chi connectivity index (χ0n) is 19.0. The third kappa shape index (κ3) is 5.57. The highest BCUT2D eigenvalue weighted by Crippen LogP contribution is 2.27. The molecule has 1 aromatic heterocycles. The molecule has 2 heterocycles. The maximum Gasteiger partial charge on any atom is 0.419 e. The number of rotatable bonds is 7. The molecule has 3 rings (SSSR count). The van der Waals surface area contributed by atoms with E-state index < -0.39 is 15.8 Å². The van der Waals surface area contributed by atoms with Crippen molar-refractivity contribution in [2.24, 2.45) is 5.41 Å². The Morgan fingerprint density at radius 2 is 1.77 bits per heavy atom. The van der Waals surface area contributed by atoms with E-state index in [0.29, 0.717) is 18.6 Å². The number of aromatic nitrogens is 1. The average molecular weight is 452 g/mol. The predicted molar refractivity (Wildman–Crippen MR) is 119 cm³/mol. The fourth-order valence-corrected chi connectivity index (χ4v) is 6.05. The van der Waals surface area contributed by atoms with Gasteiger partial charge in [-0.15, -0.1) is 0 Å². The van der Waals surface area contributed by atoms with Gasteiger partial charge in [-0.1, -0.05) is 20.8 Å². The number of nitrogens with zero attached hydrogens (tertiary/aromatic N) is 2. The van der Waals surface area contributed by atoms with E-state index in [2.05, 4.69) is 26.1 Å². The highest BCUT2D eigenvalue weighted by atomic mass is 32.2. The van der Waals surface area contributed by atoms with Gasteiger partial charge in [0.2, 0.25) is 15.9 Å². The number of amides is 1. The third-order valence-corrected chi connectivity index (χ3v) is 7.25. The number of oxazole rings is 1. The smallest absolute Gasteiger partial charge is 0.408 e. The molecule has 0 aliphatic carbocycles. The van der Waals surface area contributed by atoms with Crippen LogP contribution in [0.3, 0.4) is 0 Å². The number of sulfonamides is 1. The fraction of sp³-hybridized carbons (Fsp3) is 0.636. The van der Waals surface area contributed by atoms with E-state index in [1.165, 1.54) is 21.0 Å². The maximum absolute atomic E-state index is 12.8. The molecule has 1 aliphatic heterocycles. The molecule has 0 atom stereocenters. The monoisotopic (exact) mass is 451 g/mol. The Morgan fingerprint density at radius 1 is 1.13 bits per heavy atom. The van der Waals surface area contributed by atoms with Crippen molar-refractivity contribution in [2.45, 2.75) is 77.3 Å². The van der Waals surface area contributed by atoms with Crippen molar-refractivity contribution in [3.05, 3.63) is 28.7 Å². The SMILES string of the molecule is CC(C)(C)CC(C)(C)NC(=O)CCn1c(=O)oc2cc(S(=O)(=O)N3CCCC3)ccc21. The molecule has 1 N–H and O–H groups in total. The van der Waals surface area contributed by atoms with Crippen molar-refractivity contribution >= 4 is 27.0 Å². The van der Waals surface area contributed by atoms with Crippen LogP contribution in [0.2, 0.25) is 0 Å². The molecule has 0 bridgehead atoms. The lowest BCUT2D eigenvalue weighted by molar-refractivity contribution is -0.123. The second-order valence-corrected chi connectivity index (χ2v) is 12.1. The number of carbonyl (C=O) groups excluding carboxylic acids is 1. The number of fused-ring (bicyclic) bond motifs is 1. The summed E-state index contributed by atoms with van der Waals surface area (Å²) < 4.78 is 33.6. The summed E-state index contributed by atoms with van der Waals surface area (Å²) in [7, 11) is -3.60. The molecule has 1 amide bonds. The van der Waals surface area contributed by atoms with Gasteiger partial charge in [0.25, 0.3) is 0 Å². The Kier molecular flexibility index (Phi) is 6.40. The number of hydrogen-bond acceptors (Lipinski definition) is 5. The summed E-state index contributed by atoms with van der Waals surface area (Å²) in [5, 5.41) is 3.03. The number of nitrogens with one attached hydrogen (secondary N) is 1. The highest BCUT2D eigenvalue weighted by molar-refractivity contribution is 7.89. The minimum absolute atomic E-state index is 0.0710. The molecule has 31 heavy (non-hydrogen) atoms. The number of aryl methyl sites for hydroxylation is 1. The van der Waals surface area contributed by atoms with Crippen LogP contribution in [0, 0.1) is 5.41 Å². The summed E-state index contributed by atoms with van der Waals surface area (Å²) in [5.41, 5.74) is 0.394. The molecule has 0 radical (unpaired) electrons. The Morgan fingerprint density at radius 3 is 2.39 bits per heavy atom. The van der Waals surface area contributed by atoms with Crippen molar-refractivity contribution in [3.8, 4) is 0 Å². The Balaban J connectivity index is 1.74. The van der Waals surface area contributed by atoms with E-state index in [-0.39, 0.29) is 40.3 Å². The summed E-state index contributed by atoms with van der Waals surface area (Å²) >= 11 is 0. The van der Waals surface area contributed by atoms with Gasteiger partial charge < -0.3 is 9.73 Å². The normalized spacial score (nSPS) is 16.2. The molecule has 0 unspecified atom stereocenters. The van der Waals surface area contributed by atoms with Crippen molar-refractivity contribution < 1.29 is 17.6 Å². The van der Waals surface area contributed by atoms with E-state index in [4.69, 9.17) is 4.42 Å². The quantitative estimate of drug-likeness (QED) is 0.697. The zero-order chi connectivity index (χ0) is 23.0. The van der Waals surface area contributed by atoms with E-state index in [1.807, 2.05) is 13.8 Å². The summed E-state index contributed by atoms with van der Waals surface area (Å²) in [4.78, 5) is 24.9. The fourth-order valence-electron chi connectivity index (χ4n) is 4.52. The van der Waals surface area contributed by atoms with Gasteiger partial charge in [0.1, 0.15) is 0 Å². The predicted octanol–water partition coefficient (Wildman–Crippen LogP) is 3.10. The van der Waals surface area contributed by atoms with E-state index in [9.17, 15) is 18.0 Å². The molecule has 172 valence electrons. The van der Waals surface area contributed by atoms with Gasteiger partial charge in [-0.25, -0.2) is 13.2 Å². The first-order valence-corrected chi connectivity index (χ1v) is 12.2. The topological polar surface area (TPSA) is 102 Å². The molecule has 8 nitrogen and oxygen atoms in total. The molecule has 2 aromatic rings. The third-order valence-electron chi connectivity index (χ3n) is 5.36. The lowest BCUT2D eigenvalue weighted by atomic mass is 9.82. The van der Waals surface area contributed by atoms with Crippen LogP contribution in [0.5, 0.6) is 0 Å². The zero-order valence-corrected chi connectivity index (χ0v) is 19.8. The van der Waals surface area contributed by atoms with Gasteiger partial charge >= 0.3 is 5.76 Å². The maximum atomic E-state index is 12.8. The molecule has 1 saturated heterocycles. The van der Waals surface area contributed by atoms with Gasteiger partial charge in [-0.2, -0.15) is 4.31 Å². The minimum atomic E-state index is -3.60. The molecule has 9 heteroatoms. The lowest BCUT2D eigenvalue weighted by Crippen LogP contribution is -2.46. The Bertz CT molecular complexity index is 1120. The van der Waals surface area contributed by atoms with E-state index >= 15 is 0 Å². The largest absolute Gasteiger partial charge is 0.419 e. The van der Waals surface area contributed by atoms with Gasteiger partial charge in [-0.3, -0.25) is 9.36 Å². The van der Waals surface area contributed by atoms with E-state index in [0.717, 1.165) is 19.3 Å². The van der Waals surface area contributed by atoms with Crippen LogP contribution >= 0.6 is 0 Å². The van der Waals surface area contributed by atoms with Gasteiger partial charge in [0, 0.05) is 37.7 Å². The van der Waals surface area contributed by atoms with Crippen molar-refractivity contribution in [1.82, 2.24) is 14.2 Å². The van der Waals surface area contributed by atoms with Crippen molar-refractivity contribution in [1.29, 1.82) is 0 Å². The molecular formula is C22H33N3O5S. The van der Waals surface area contributed by atoms with Crippen LogP contribution in [0.1, 0.15) is 60.3 Å².